The number of hydrogen-bond acceptors (Lipinski definition) is 0. The second-order valence-electron chi connectivity index (χ2n) is 12.0. The number of pyridine rings is 4. The van der Waals surface area contributed by atoms with Gasteiger partial charge in [-0.1, -0.05) is 24.3 Å². The number of rotatable bonds is 4. The van der Waals surface area contributed by atoms with Crippen LogP contribution in [-0.2, 0) is 28.2 Å². The number of aromatic nitrogens is 4. The summed E-state index contributed by atoms with van der Waals surface area (Å²) >= 11 is 0. The predicted molar refractivity (Wildman–Crippen MR) is 177 cm³/mol. The van der Waals surface area contributed by atoms with Crippen molar-refractivity contribution >= 4 is 32.3 Å². The summed E-state index contributed by atoms with van der Waals surface area (Å²) < 4.78 is 8.54. The molecule has 0 fully saturated rings. The van der Waals surface area contributed by atoms with E-state index in [-0.39, 0.29) is 0 Å². The summed E-state index contributed by atoms with van der Waals surface area (Å²) in [5, 5.41) is 7.72. The van der Waals surface area contributed by atoms with E-state index in [0.29, 0.717) is 0 Å². The normalized spacial score (nSPS) is 11.6. The highest BCUT2D eigenvalue weighted by Crippen LogP contribution is 2.48. The van der Waals surface area contributed by atoms with E-state index in [1.165, 1.54) is 76.8 Å². The van der Waals surface area contributed by atoms with Gasteiger partial charge in [0.15, 0.2) is 49.6 Å². The third-order valence-electron chi connectivity index (χ3n) is 8.90. The maximum absolute atomic E-state index is 2.39. The van der Waals surface area contributed by atoms with Gasteiger partial charge in [0.05, 0.1) is 0 Å². The lowest BCUT2D eigenvalue weighted by Gasteiger charge is -2.20. The molecule has 0 unspecified atom stereocenters. The van der Waals surface area contributed by atoms with E-state index in [1.54, 1.807) is 0 Å². The predicted octanol–water partition coefficient (Wildman–Crippen LogP) is 6.55. The van der Waals surface area contributed by atoms with Gasteiger partial charge in [0.25, 0.3) is 0 Å². The van der Waals surface area contributed by atoms with E-state index < -0.39 is 0 Å². The Balaban J connectivity index is 1.59. The average molecular weight is 571 g/mol. The Hall–Kier alpha value is -5.48. The molecule has 0 aliphatic carbocycles. The maximum atomic E-state index is 2.39. The zero-order valence-electron chi connectivity index (χ0n) is 25.5. The first-order chi connectivity index (χ1) is 21.4. The van der Waals surface area contributed by atoms with Crippen LogP contribution in [0.4, 0.5) is 0 Å². The van der Waals surface area contributed by atoms with Crippen LogP contribution in [0.25, 0.3) is 76.8 Å². The molecule has 44 heavy (non-hydrogen) atoms. The molecule has 0 saturated heterocycles. The number of nitrogens with zero attached hydrogens (tertiary/aromatic N) is 4. The monoisotopic (exact) mass is 570 g/mol. The minimum absolute atomic E-state index is 1.21. The molecule has 0 radical (unpaired) electrons. The molecule has 0 saturated carbocycles. The van der Waals surface area contributed by atoms with Crippen molar-refractivity contribution < 1.29 is 18.3 Å². The first kappa shape index (κ1) is 26.2. The van der Waals surface area contributed by atoms with E-state index >= 15 is 0 Å². The number of hydrogen-bond donors (Lipinski definition) is 0. The zero-order valence-corrected chi connectivity index (χ0v) is 25.5. The van der Waals surface area contributed by atoms with Crippen molar-refractivity contribution in [3.8, 4) is 44.5 Å². The Morgan fingerprint density at radius 3 is 0.818 bits per heavy atom. The van der Waals surface area contributed by atoms with Gasteiger partial charge in [-0.25, -0.2) is 18.3 Å². The molecule has 4 aromatic carbocycles. The Labute approximate surface area is 257 Å². The molecule has 0 amide bonds. The molecule has 0 aliphatic rings. The fourth-order valence-electron chi connectivity index (χ4n) is 6.94. The SMILES string of the molecule is C[n+]1cccc(-c2cc(-c3ccc[n+](C)c3)c3ccc4c(-c5ccc[n+](C)c5)cc(-c5ccc[n+](C)c5)c5ccc2c3c54)c1. The highest BCUT2D eigenvalue weighted by Gasteiger charge is 2.22. The van der Waals surface area contributed by atoms with Gasteiger partial charge in [0, 0.05) is 46.5 Å². The topological polar surface area (TPSA) is 15.5 Å². The highest BCUT2D eigenvalue weighted by molar-refractivity contribution is 6.31. The van der Waals surface area contributed by atoms with Crippen LogP contribution < -0.4 is 18.3 Å². The van der Waals surface area contributed by atoms with Gasteiger partial charge in [-0.15, -0.1) is 0 Å². The van der Waals surface area contributed by atoms with Crippen LogP contribution in [0.5, 0.6) is 0 Å². The smallest absolute Gasteiger partial charge is 0.176 e. The average Bonchev–Trinajstić information content (AvgIpc) is 3.03. The third-order valence-corrected chi connectivity index (χ3v) is 8.90. The molecule has 4 heteroatoms. The van der Waals surface area contributed by atoms with Crippen molar-refractivity contribution in [2.75, 3.05) is 0 Å². The Morgan fingerprint density at radius 1 is 0.341 bits per heavy atom. The maximum Gasteiger partial charge on any atom is 0.176 e. The Kier molecular flexibility index (Phi) is 5.98. The molecule has 0 bridgehead atoms. The van der Waals surface area contributed by atoms with Gasteiger partial charge < -0.3 is 0 Å². The van der Waals surface area contributed by atoms with Crippen molar-refractivity contribution in [2.24, 2.45) is 28.2 Å². The molecule has 0 spiro atoms. The van der Waals surface area contributed by atoms with Crippen LogP contribution >= 0.6 is 0 Å². The molecule has 4 heterocycles. The summed E-state index contributed by atoms with van der Waals surface area (Å²) in [4.78, 5) is 0. The largest absolute Gasteiger partial charge is 0.207 e. The molecule has 0 atom stereocenters. The van der Waals surface area contributed by atoms with E-state index in [2.05, 4.69) is 181 Å². The summed E-state index contributed by atoms with van der Waals surface area (Å²) in [6.45, 7) is 0. The van der Waals surface area contributed by atoms with Crippen molar-refractivity contribution in [1.82, 2.24) is 0 Å². The number of aryl methyl sites for hydroxylation is 4. The molecule has 0 N–H and O–H groups in total. The lowest BCUT2D eigenvalue weighted by atomic mass is 9.82. The van der Waals surface area contributed by atoms with Gasteiger partial charge >= 0.3 is 0 Å². The number of benzene rings is 4. The lowest BCUT2D eigenvalue weighted by molar-refractivity contribution is -0.671. The minimum Gasteiger partial charge on any atom is -0.207 e. The van der Waals surface area contributed by atoms with Crippen LogP contribution in [-0.4, -0.2) is 0 Å². The highest BCUT2D eigenvalue weighted by atomic mass is 14.9. The van der Waals surface area contributed by atoms with Crippen LogP contribution in [0.1, 0.15) is 0 Å². The van der Waals surface area contributed by atoms with Gasteiger partial charge in [0.2, 0.25) is 0 Å². The molecule has 8 rings (SSSR count). The quantitative estimate of drug-likeness (QED) is 0.169. The summed E-state index contributed by atoms with van der Waals surface area (Å²) in [7, 11) is 8.37. The minimum atomic E-state index is 1.21. The second-order valence-corrected chi connectivity index (χ2v) is 12.0. The van der Waals surface area contributed by atoms with Gasteiger partial charge in [-0.3, -0.25) is 0 Å². The standard InChI is InChI=1S/C40H34N4/c1-41-17-5-9-27(23-41)35-21-36(28-10-6-18-42(2)24-28)32-15-16-34-38(30-12-8-20-44(4)26-30)22-37(29-11-7-19-43(3)25-29)33-14-13-31(35)39(32)40(33)34/h5-26H,1-4H3/q+4. The zero-order chi connectivity index (χ0) is 29.9. The first-order valence-corrected chi connectivity index (χ1v) is 15.1. The van der Waals surface area contributed by atoms with Gasteiger partial charge in [-0.2, -0.15) is 0 Å². The molecule has 4 aromatic heterocycles. The van der Waals surface area contributed by atoms with E-state index in [0.717, 1.165) is 0 Å². The van der Waals surface area contributed by atoms with Crippen LogP contribution in [0, 0.1) is 0 Å². The van der Waals surface area contributed by atoms with Crippen molar-refractivity contribution in [2.45, 2.75) is 0 Å². The summed E-state index contributed by atoms with van der Waals surface area (Å²) in [6.07, 6.45) is 17.3. The summed E-state index contributed by atoms with van der Waals surface area (Å²) in [5.41, 5.74) is 9.81. The van der Waals surface area contributed by atoms with E-state index in [9.17, 15) is 0 Å². The fourth-order valence-corrected chi connectivity index (χ4v) is 6.94. The van der Waals surface area contributed by atoms with Crippen LogP contribution in [0.15, 0.2) is 135 Å². The molecule has 8 aromatic rings. The van der Waals surface area contributed by atoms with Crippen molar-refractivity contribution in [1.29, 1.82) is 0 Å². The Morgan fingerprint density at radius 2 is 0.591 bits per heavy atom. The van der Waals surface area contributed by atoms with E-state index in [4.69, 9.17) is 0 Å². The first-order valence-electron chi connectivity index (χ1n) is 15.1. The summed E-state index contributed by atoms with van der Waals surface area (Å²) in [5.74, 6) is 0. The van der Waals surface area contributed by atoms with Gasteiger partial charge in [-0.05, 0) is 91.0 Å². The van der Waals surface area contributed by atoms with Gasteiger partial charge in [0.1, 0.15) is 28.2 Å². The fraction of sp³-hybridized carbons (Fsp3) is 0.100. The molecule has 0 aliphatic heterocycles. The van der Waals surface area contributed by atoms with Crippen molar-refractivity contribution in [3.05, 3.63) is 135 Å². The third kappa shape index (κ3) is 4.22. The van der Waals surface area contributed by atoms with Crippen LogP contribution in [0.2, 0.25) is 0 Å². The van der Waals surface area contributed by atoms with Crippen molar-refractivity contribution in [3.63, 3.8) is 0 Å². The van der Waals surface area contributed by atoms with E-state index in [1.807, 2.05) is 0 Å². The summed E-state index contributed by atoms with van der Waals surface area (Å²) in [6, 6.07) is 31.6. The molecular formula is C40H34N4+4. The molecular weight excluding hydrogens is 536 g/mol. The molecule has 4 nitrogen and oxygen atoms in total. The Bertz CT molecular complexity index is 2060. The lowest BCUT2D eigenvalue weighted by Crippen LogP contribution is -2.26. The second kappa shape index (κ2) is 10.1. The van der Waals surface area contributed by atoms with Crippen LogP contribution in [0.3, 0.4) is 0 Å². The molecule has 210 valence electrons.